The van der Waals surface area contributed by atoms with Crippen molar-refractivity contribution >= 4 is 26.9 Å². The molecule has 0 fully saturated rings. The maximum atomic E-state index is 11.8. The fourth-order valence-corrected chi connectivity index (χ4v) is 3.38. The number of nitrogens with zero attached hydrogens (tertiary/aromatic N) is 1. The molecule has 0 atom stereocenters. The Morgan fingerprint density at radius 3 is 2.53 bits per heavy atom. The largest absolute Gasteiger partial charge is 0.373 e. The third-order valence-corrected chi connectivity index (χ3v) is 4.95. The normalized spacial score (nSPS) is 12.4. The van der Waals surface area contributed by atoms with Crippen molar-refractivity contribution in [2.75, 3.05) is 11.6 Å². The fourth-order valence-electron chi connectivity index (χ4n) is 1.82. The summed E-state index contributed by atoms with van der Waals surface area (Å²) in [6.07, 6.45) is 2.95. The number of thiazole rings is 1. The standard InChI is InChI=1S/C13H16N2O2S2/c1-13(2,12-14-8-9-18-12)15-10-6-4-5-7-11(10)19(3,16)17/h4-9,15H,1-3H3. The van der Waals surface area contributed by atoms with E-state index in [4.69, 9.17) is 0 Å². The van der Waals surface area contributed by atoms with Gasteiger partial charge in [0.1, 0.15) is 5.01 Å². The molecule has 4 nitrogen and oxygen atoms in total. The van der Waals surface area contributed by atoms with Crippen molar-refractivity contribution in [1.29, 1.82) is 0 Å². The Balaban J connectivity index is 2.40. The van der Waals surface area contributed by atoms with E-state index in [2.05, 4.69) is 10.3 Å². The first kappa shape index (κ1) is 14.0. The van der Waals surface area contributed by atoms with Gasteiger partial charge in [0.05, 0.1) is 16.1 Å². The monoisotopic (exact) mass is 296 g/mol. The lowest BCUT2D eigenvalue weighted by Gasteiger charge is -2.26. The Hall–Kier alpha value is -1.40. The van der Waals surface area contributed by atoms with Crippen molar-refractivity contribution in [1.82, 2.24) is 4.98 Å². The van der Waals surface area contributed by atoms with Crippen LogP contribution >= 0.6 is 11.3 Å². The summed E-state index contributed by atoms with van der Waals surface area (Å²) in [5.41, 5.74) is 0.180. The average molecular weight is 296 g/mol. The molecule has 0 aliphatic rings. The number of sulfone groups is 1. The number of rotatable bonds is 4. The van der Waals surface area contributed by atoms with Crippen LogP contribution in [0.2, 0.25) is 0 Å². The number of benzene rings is 1. The van der Waals surface area contributed by atoms with Crippen molar-refractivity contribution in [2.45, 2.75) is 24.3 Å². The van der Waals surface area contributed by atoms with Crippen molar-refractivity contribution < 1.29 is 8.42 Å². The molecule has 2 rings (SSSR count). The second-order valence-electron chi connectivity index (χ2n) is 4.86. The summed E-state index contributed by atoms with van der Waals surface area (Å²) in [5, 5.41) is 6.08. The van der Waals surface area contributed by atoms with Crippen LogP contribution in [0.25, 0.3) is 0 Å². The van der Waals surface area contributed by atoms with Gasteiger partial charge in [-0.15, -0.1) is 11.3 Å². The summed E-state index contributed by atoms with van der Waals surface area (Å²) in [7, 11) is -3.25. The zero-order chi connectivity index (χ0) is 14.1. The highest BCUT2D eigenvalue weighted by Gasteiger charge is 2.25. The van der Waals surface area contributed by atoms with E-state index in [1.165, 1.54) is 17.6 Å². The summed E-state index contributed by atoms with van der Waals surface area (Å²) in [4.78, 5) is 4.59. The van der Waals surface area contributed by atoms with Gasteiger partial charge in [-0.3, -0.25) is 0 Å². The summed E-state index contributed by atoms with van der Waals surface area (Å²) in [6, 6.07) is 6.91. The molecule has 1 heterocycles. The molecule has 0 bridgehead atoms. The lowest BCUT2D eigenvalue weighted by Crippen LogP contribution is -2.28. The van der Waals surface area contributed by atoms with Crippen LogP contribution in [-0.2, 0) is 15.4 Å². The van der Waals surface area contributed by atoms with Crippen molar-refractivity contribution in [3.63, 3.8) is 0 Å². The number of para-hydroxylation sites is 1. The maximum Gasteiger partial charge on any atom is 0.177 e. The zero-order valence-corrected chi connectivity index (χ0v) is 12.7. The molecule has 0 radical (unpaired) electrons. The molecule has 0 saturated heterocycles. The van der Waals surface area contributed by atoms with Crippen LogP contribution in [0, 0.1) is 0 Å². The lowest BCUT2D eigenvalue weighted by molar-refractivity contribution is 0.594. The Morgan fingerprint density at radius 2 is 1.95 bits per heavy atom. The molecule has 19 heavy (non-hydrogen) atoms. The molecule has 0 unspecified atom stereocenters. The van der Waals surface area contributed by atoms with Crippen LogP contribution in [0.5, 0.6) is 0 Å². The second kappa shape index (κ2) is 4.94. The second-order valence-corrected chi connectivity index (χ2v) is 7.73. The van der Waals surface area contributed by atoms with Crippen LogP contribution in [0.4, 0.5) is 5.69 Å². The highest BCUT2D eigenvalue weighted by Crippen LogP contribution is 2.30. The van der Waals surface area contributed by atoms with Gasteiger partial charge in [0.15, 0.2) is 9.84 Å². The highest BCUT2D eigenvalue weighted by atomic mass is 32.2. The minimum atomic E-state index is -3.25. The average Bonchev–Trinajstić information content (AvgIpc) is 2.81. The molecule has 1 N–H and O–H groups in total. The lowest BCUT2D eigenvalue weighted by atomic mass is 10.1. The number of nitrogens with one attached hydrogen (secondary N) is 1. The molecule has 102 valence electrons. The van der Waals surface area contributed by atoms with E-state index >= 15 is 0 Å². The van der Waals surface area contributed by atoms with Crippen molar-refractivity contribution in [3.05, 3.63) is 40.8 Å². The molecule has 1 aromatic heterocycles. The van der Waals surface area contributed by atoms with E-state index in [0.29, 0.717) is 10.6 Å². The van der Waals surface area contributed by atoms with Crippen LogP contribution in [-0.4, -0.2) is 19.7 Å². The molecule has 0 amide bonds. The van der Waals surface area contributed by atoms with Gasteiger partial charge < -0.3 is 5.32 Å². The van der Waals surface area contributed by atoms with Crippen LogP contribution < -0.4 is 5.32 Å². The molecule has 0 aliphatic heterocycles. The molecule has 0 saturated carbocycles. The Kier molecular flexibility index (Phi) is 3.64. The highest BCUT2D eigenvalue weighted by molar-refractivity contribution is 7.90. The molecule has 1 aromatic carbocycles. The SMILES string of the molecule is CC(C)(Nc1ccccc1S(C)(=O)=O)c1nccs1. The molecule has 6 heteroatoms. The van der Waals surface area contributed by atoms with Crippen LogP contribution in [0.15, 0.2) is 40.7 Å². The van der Waals surface area contributed by atoms with Crippen LogP contribution in [0.3, 0.4) is 0 Å². The third-order valence-electron chi connectivity index (χ3n) is 2.70. The van der Waals surface area contributed by atoms with E-state index in [9.17, 15) is 8.42 Å². The number of hydrogen-bond donors (Lipinski definition) is 1. The topological polar surface area (TPSA) is 59.1 Å². The summed E-state index contributed by atoms with van der Waals surface area (Å²) in [6.45, 7) is 3.95. The van der Waals surface area contributed by atoms with Crippen LogP contribution in [0.1, 0.15) is 18.9 Å². The minimum absolute atomic E-state index is 0.305. The Labute approximate surface area is 117 Å². The van der Waals surface area contributed by atoms with Gasteiger partial charge in [0.25, 0.3) is 0 Å². The fraction of sp³-hybridized carbons (Fsp3) is 0.308. The van der Waals surface area contributed by atoms with E-state index < -0.39 is 15.4 Å². The minimum Gasteiger partial charge on any atom is -0.373 e. The van der Waals surface area contributed by atoms with E-state index in [1.54, 1.807) is 24.4 Å². The quantitative estimate of drug-likeness (QED) is 0.942. The van der Waals surface area contributed by atoms with Crippen molar-refractivity contribution in [3.8, 4) is 0 Å². The number of anilines is 1. The van der Waals surface area contributed by atoms with Gasteiger partial charge in [0, 0.05) is 17.8 Å². The molecular weight excluding hydrogens is 280 g/mol. The van der Waals surface area contributed by atoms with Gasteiger partial charge in [-0.2, -0.15) is 0 Å². The first-order valence-electron chi connectivity index (χ1n) is 5.78. The Bertz CT molecular complexity index is 662. The van der Waals surface area contributed by atoms with Gasteiger partial charge in [-0.1, -0.05) is 12.1 Å². The van der Waals surface area contributed by atoms with E-state index in [1.807, 2.05) is 25.3 Å². The first-order valence-corrected chi connectivity index (χ1v) is 8.55. The third kappa shape index (κ3) is 3.13. The maximum absolute atomic E-state index is 11.8. The molecule has 2 aromatic rings. The zero-order valence-electron chi connectivity index (χ0n) is 11.0. The Morgan fingerprint density at radius 1 is 1.26 bits per heavy atom. The molecule has 0 aliphatic carbocycles. The van der Waals surface area contributed by atoms with Gasteiger partial charge >= 0.3 is 0 Å². The van der Waals surface area contributed by atoms with Gasteiger partial charge in [-0.25, -0.2) is 13.4 Å². The van der Waals surface area contributed by atoms with E-state index in [0.717, 1.165) is 5.01 Å². The van der Waals surface area contributed by atoms with Gasteiger partial charge in [-0.05, 0) is 26.0 Å². The molecule has 0 spiro atoms. The summed E-state index contributed by atoms with van der Waals surface area (Å²) in [5.74, 6) is 0. The summed E-state index contributed by atoms with van der Waals surface area (Å²) < 4.78 is 23.5. The smallest absolute Gasteiger partial charge is 0.177 e. The predicted molar refractivity (Wildman–Crippen MR) is 78.3 cm³/mol. The van der Waals surface area contributed by atoms with Gasteiger partial charge in [0.2, 0.25) is 0 Å². The predicted octanol–water partition coefficient (Wildman–Crippen LogP) is 2.89. The number of hydrogen-bond acceptors (Lipinski definition) is 5. The van der Waals surface area contributed by atoms with E-state index in [-0.39, 0.29) is 0 Å². The molecular formula is C13H16N2O2S2. The van der Waals surface area contributed by atoms with Crippen molar-refractivity contribution in [2.24, 2.45) is 0 Å². The number of aromatic nitrogens is 1. The summed E-state index contributed by atoms with van der Waals surface area (Å²) >= 11 is 1.54. The first-order chi connectivity index (χ1) is 8.81.